The Kier molecular flexibility index (Phi) is 8.05. The first-order valence-electron chi connectivity index (χ1n) is 4.42. The quantitative estimate of drug-likeness (QED) is 0.435. The molecule has 4 nitrogen and oxygen atoms in total. The summed E-state index contributed by atoms with van der Waals surface area (Å²) in [4.78, 5) is 15.7. The van der Waals surface area contributed by atoms with Crippen molar-refractivity contribution in [3.63, 3.8) is 0 Å². The standard InChI is InChI=1S/C8H18N2O2/c1-3-5-6-9-8(11)7-10-12-4-2/h10H,3-7H2,1-2H3,(H,9,11). The SMILES string of the molecule is CCCCNC(=O)CNOCC. The van der Waals surface area contributed by atoms with Crippen LogP contribution in [0.3, 0.4) is 0 Å². The Balaban J connectivity index is 3.10. The Morgan fingerprint density at radius 3 is 2.75 bits per heavy atom. The van der Waals surface area contributed by atoms with Crippen LogP contribution in [-0.4, -0.2) is 25.6 Å². The molecule has 0 aliphatic heterocycles. The van der Waals surface area contributed by atoms with Crippen molar-refractivity contribution in [2.45, 2.75) is 26.7 Å². The van der Waals surface area contributed by atoms with Crippen molar-refractivity contribution in [1.29, 1.82) is 0 Å². The zero-order chi connectivity index (χ0) is 9.23. The van der Waals surface area contributed by atoms with Crippen LogP contribution in [0, 0.1) is 0 Å². The summed E-state index contributed by atoms with van der Waals surface area (Å²) in [7, 11) is 0. The van der Waals surface area contributed by atoms with Crippen LogP contribution >= 0.6 is 0 Å². The molecule has 12 heavy (non-hydrogen) atoms. The van der Waals surface area contributed by atoms with Crippen molar-refractivity contribution in [2.75, 3.05) is 19.7 Å². The summed E-state index contributed by atoms with van der Waals surface area (Å²) < 4.78 is 0. The van der Waals surface area contributed by atoms with E-state index in [0.29, 0.717) is 6.61 Å². The van der Waals surface area contributed by atoms with Crippen molar-refractivity contribution in [1.82, 2.24) is 10.8 Å². The van der Waals surface area contributed by atoms with Gasteiger partial charge in [0.25, 0.3) is 0 Å². The van der Waals surface area contributed by atoms with Gasteiger partial charge in [-0.05, 0) is 13.3 Å². The van der Waals surface area contributed by atoms with Gasteiger partial charge in [0, 0.05) is 6.54 Å². The van der Waals surface area contributed by atoms with Crippen LogP contribution in [0.4, 0.5) is 0 Å². The molecular weight excluding hydrogens is 156 g/mol. The Morgan fingerprint density at radius 2 is 2.17 bits per heavy atom. The minimum Gasteiger partial charge on any atom is -0.355 e. The molecule has 0 unspecified atom stereocenters. The summed E-state index contributed by atoms with van der Waals surface area (Å²) in [5.74, 6) is -0.0168. The highest BCUT2D eigenvalue weighted by Crippen LogP contribution is 1.81. The normalized spacial score (nSPS) is 9.83. The molecule has 2 N–H and O–H groups in total. The van der Waals surface area contributed by atoms with Gasteiger partial charge in [0.15, 0.2) is 0 Å². The largest absolute Gasteiger partial charge is 0.355 e. The molecule has 0 saturated heterocycles. The summed E-state index contributed by atoms with van der Waals surface area (Å²) in [6.07, 6.45) is 2.12. The van der Waals surface area contributed by atoms with Crippen LogP contribution < -0.4 is 10.8 Å². The van der Waals surface area contributed by atoms with Crippen molar-refractivity contribution < 1.29 is 9.63 Å². The number of amides is 1. The lowest BCUT2D eigenvalue weighted by atomic mass is 10.3. The van der Waals surface area contributed by atoms with Gasteiger partial charge in [0.2, 0.25) is 5.91 Å². The average Bonchev–Trinajstić information content (AvgIpc) is 2.06. The van der Waals surface area contributed by atoms with Crippen LogP contribution in [0.5, 0.6) is 0 Å². The first-order chi connectivity index (χ1) is 5.81. The molecule has 0 bridgehead atoms. The van der Waals surface area contributed by atoms with Crippen LogP contribution in [0.1, 0.15) is 26.7 Å². The maximum atomic E-state index is 10.9. The number of hydrogen-bond acceptors (Lipinski definition) is 3. The lowest BCUT2D eigenvalue weighted by Crippen LogP contribution is -2.34. The maximum Gasteiger partial charge on any atom is 0.236 e. The van der Waals surface area contributed by atoms with Gasteiger partial charge in [-0.2, -0.15) is 5.48 Å². The van der Waals surface area contributed by atoms with Crippen molar-refractivity contribution in [3.8, 4) is 0 Å². The monoisotopic (exact) mass is 174 g/mol. The van der Waals surface area contributed by atoms with E-state index in [1.165, 1.54) is 0 Å². The molecule has 72 valence electrons. The molecule has 4 heteroatoms. The van der Waals surface area contributed by atoms with Gasteiger partial charge in [-0.1, -0.05) is 13.3 Å². The topological polar surface area (TPSA) is 50.4 Å². The highest BCUT2D eigenvalue weighted by Gasteiger charge is 1.97. The molecule has 0 saturated carbocycles. The Labute approximate surface area is 73.6 Å². The Hall–Kier alpha value is -0.610. The first kappa shape index (κ1) is 11.4. The van der Waals surface area contributed by atoms with E-state index in [2.05, 4.69) is 17.7 Å². The van der Waals surface area contributed by atoms with Crippen molar-refractivity contribution >= 4 is 5.91 Å². The number of unbranched alkanes of at least 4 members (excludes halogenated alkanes) is 1. The van der Waals surface area contributed by atoms with Gasteiger partial charge in [-0.25, -0.2) is 0 Å². The third-order valence-corrected chi connectivity index (χ3v) is 1.33. The van der Waals surface area contributed by atoms with Crippen LogP contribution in [0.2, 0.25) is 0 Å². The van der Waals surface area contributed by atoms with Gasteiger partial charge < -0.3 is 10.2 Å². The lowest BCUT2D eigenvalue weighted by molar-refractivity contribution is -0.122. The van der Waals surface area contributed by atoms with E-state index >= 15 is 0 Å². The van der Waals surface area contributed by atoms with Gasteiger partial charge in [-0.3, -0.25) is 4.79 Å². The third-order valence-electron chi connectivity index (χ3n) is 1.33. The van der Waals surface area contributed by atoms with E-state index in [4.69, 9.17) is 4.84 Å². The number of rotatable bonds is 7. The first-order valence-corrected chi connectivity index (χ1v) is 4.42. The van der Waals surface area contributed by atoms with E-state index in [1.54, 1.807) is 0 Å². The number of carbonyl (C=O) groups is 1. The fourth-order valence-corrected chi connectivity index (χ4v) is 0.686. The second kappa shape index (κ2) is 8.49. The van der Waals surface area contributed by atoms with E-state index in [1.807, 2.05) is 6.92 Å². The molecule has 1 amide bonds. The molecular formula is C8H18N2O2. The number of hydroxylamine groups is 1. The molecule has 0 aromatic rings. The molecule has 0 heterocycles. The highest BCUT2D eigenvalue weighted by molar-refractivity contribution is 5.77. The molecule has 0 radical (unpaired) electrons. The average molecular weight is 174 g/mol. The van der Waals surface area contributed by atoms with Crippen LogP contribution in [-0.2, 0) is 9.63 Å². The van der Waals surface area contributed by atoms with Crippen LogP contribution in [0.15, 0.2) is 0 Å². The fourth-order valence-electron chi connectivity index (χ4n) is 0.686. The predicted molar refractivity (Wildman–Crippen MR) is 47.5 cm³/mol. The van der Waals surface area contributed by atoms with Gasteiger partial charge in [0.05, 0.1) is 13.2 Å². The second-order valence-corrected chi connectivity index (χ2v) is 2.46. The van der Waals surface area contributed by atoms with Gasteiger partial charge in [-0.15, -0.1) is 0 Å². The predicted octanol–water partition coefficient (Wildman–Crippen LogP) is 0.444. The number of nitrogens with one attached hydrogen (secondary N) is 2. The number of carbonyl (C=O) groups excluding carboxylic acids is 1. The van der Waals surface area contributed by atoms with Crippen LogP contribution in [0.25, 0.3) is 0 Å². The summed E-state index contributed by atoms with van der Waals surface area (Å²) in [5.41, 5.74) is 2.55. The van der Waals surface area contributed by atoms with Crippen molar-refractivity contribution in [3.05, 3.63) is 0 Å². The molecule has 0 aromatic heterocycles. The second-order valence-electron chi connectivity index (χ2n) is 2.46. The van der Waals surface area contributed by atoms with E-state index in [-0.39, 0.29) is 12.5 Å². The molecule has 0 rings (SSSR count). The molecule has 0 aliphatic carbocycles. The van der Waals surface area contributed by atoms with E-state index in [0.717, 1.165) is 19.4 Å². The summed E-state index contributed by atoms with van der Waals surface area (Å²) >= 11 is 0. The fraction of sp³-hybridized carbons (Fsp3) is 0.875. The number of hydrogen-bond donors (Lipinski definition) is 2. The zero-order valence-electron chi connectivity index (χ0n) is 7.85. The minimum absolute atomic E-state index is 0.0168. The lowest BCUT2D eigenvalue weighted by Gasteiger charge is -2.04. The molecule has 0 aliphatic rings. The van der Waals surface area contributed by atoms with E-state index < -0.39 is 0 Å². The Morgan fingerprint density at radius 1 is 1.42 bits per heavy atom. The molecule has 0 fully saturated rings. The van der Waals surface area contributed by atoms with Gasteiger partial charge >= 0.3 is 0 Å². The molecule has 0 aromatic carbocycles. The molecule has 0 atom stereocenters. The smallest absolute Gasteiger partial charge is 0.236 e. The summed E-state index contributed by atoms with van der Waals surface area (Å²) in [6.45, 7) is 5.51. The van der Waals surface area contributed by atoms with Crippen molar-refractivity contribution in [2.24, 2.45) is 0 Å². The summed E-state index contributed by atoms with van der Waals surface area (Å²) in [6, 6.07) is 0. The zero-order valence-corrected chi connectivity index (χ0v) is 7.85. The third kappa shape index (κ3) is 7.50. The highest BCUT2D eigenvalue weighted by atomic mass is 16.6. The summed E-state index contributed by atoms with van der Waals surface area (Å²) in [5, 5.41) is 2.76. The minimum atomic E-state index is -0.0168. The van der Waals surface area contributed by atoms with E-state index in [9.17, 15) is 4.79 Å². The Bertz CT molecular complexity index is 106. The van der Waals surface area contributed by atoms with Gasteiger partial charge in [0.1, 0.15) is 0 Å². The molecule has 0 spiro atoms. The maximum absolute atomic E-state index is 10.9.